The molecule has 0 amide bonds. The van der Waals surface area contributed by atoms with E-state index in [-0.39, 0.29) is 11.9 Å². The van der Waals surface area contributed by atoms with Gasteiger partial charge < -0.3 is 4.74 Å². The highest BCUT2D eigenvalue weighted by Gasteiger charge is 2.04. The van der Waals surface area contributed by atoms with Gasteiger partial charge in [-0.05, 0) is 37.1 Å². The zero-order valence-corrected chi connectivity index (χ0v) is 9.97. The Kier molecular flexibility index (Phi) is 4.55. The summed E-state index contributed by atoms with van der Waals surface area (Å²) in [6.07, 6.45) is 1.18. The topological polar surface area (TPSA) is 9.23 Å². The molecule has 78 valence electrons. The predicted octanol–water partition coefficient (Wildman–Crippen LogP) is 3.90. The Morgan fingerprint density at radius 2 is 2.21 bits per heavy atom. The van der Waals surface area contributed by atoms with Gasteiger partial charge in [-0.2, -0.15) is 0 Å². The number of hydrogen-bond acceptors (Lipinski definition) is 1. The molecular weight excluding hydrogens is 247 g/mol. The molecular formula is C11H14BrFO. The minimum Gasteiger partial charge on any atom is -0.374 e. The first-order chi connectivity index (χ1) is 6.63. The molecule has 1 atom stereocenters. The molecule has 0 heterocycles. The van der Waals surface area contributed by atoms with E-state index >= 15 is 0 Å². The van der Waals surface area contributed by atoms with Crippen LogP contribution in [0.5, 0.6) is 0 Å². The summed E-state index contributed by atoms with van der Waals surface area (Å²) in [6, 6.07) is 4.62. The van der Waals surface area contributed by atoms with Crippen molar-refractivity contribution in [2.24, 2.45) is 0 Å². The van der Waals surface area contributed by atoms with Crippen molar-refractivity contribution in [2.75, 3.05) is 0 Å². The van der Waals surface area contributed by atoms with E-state index in [0.717, 1.165) is 16.5 Å². The molecule has 0 N–H and O–H groups in total. The van der Waals surface area contributed by atoms with Crippen LogP contribution >= 0.6 is 15.9 Å². The number of halogens is 2. The highest BCUT2D eigenvalue weighted by atomic mass is 79.9. The highest BCUT2D eigenvalue weighted by molar-refractivity contribution is 9.10. The van der Waals surface area contributed by atoms with Gasteiger partial charge in [0, 0.05) is 4.47 Å². The van der Waals surface area contributed by atoms with Crippen LogP contribution in [0.4, 0.5) is 4.39 Å². The molecule has 0 aliphatic carbocycles. The molecule has 1 rings (SSSR count). The lowest BCUT2D eigenvalue weighted by molar-refractivity contribution is 0.0504. The maximum absolute atomic E-state index is 12.9. The van der Waals surface area contributed by atoms with Crippen molar-refractivity contribution in [1.82, 2.24) is 0 Å². The van der Waals surface area contributed by atoms with Crippen LogP contribution in [0.25, 0.3) is 0 Å². The summed E-state index contributed by atoms with van der Waals surface area (Å²) in [5, 5.41) is 0. The maximum atomic E-state index is 12.9. The molecule has 0 aliphatic heterocycles. The SMILES string of the molecule is CCC(C)OCc1cc(F)ccc1Br. The largest absolute Gasteiger partial charge is 0.374 e. The third-order valence-electron chi connectivity index (χ3n) is 2.11. The number of benzene rings is 1. The molecule has 0 aliphatic rings. The van der Waals surface area contributed by atoms with Crippen molar-refractivity contribution in [1.29, 1.82) is 0 Å². The quantitative estimate of drug-likeness (QED) is 0.798. The van der Waals surface area contributed by atoms with E-state index < -0.39 is 0 Å². The Hall–Kier alpha value is -0.410. The Morgan fingerprint density at radius 3 is 2.86 bits per heavy atom. The van der Waals surface area contributed by atoms with Crippen molar-refractivity contribution >= 4 is 15.9 Å². The van der Waals surface area contributed by atoms with Crippen LogP contribution in [0.1, 0.15) is 25.8 Å². The summed E-state index contributed by atoms with van der Waals surface area (Å²) in [5.74, 6) is -0.226. The monoisotopic (exact) mass is 260 g/mol. The van der Waals surface area contributed by atoms with Gasteiger partial charge >= 0.3 is 0 Å². The van der Waals surface area contributed by atoms with Gasteiger partial charge in [0.2, 0.25) is 0 Å². The van der Waals surface area contributed by atoms with Crippen molar-refractivity contribution < 1.29 is 9.13 Å². The van der Waals surface area contributed by atoms with Gasteiger partial charge in [0.05, 0.1) is 12.7 Å². The Labute approximate surface area is 92.4 Å². The van der Waals surface area contributed by atoms with Crippen LogP contribution < -0.4 is 0 Å². The summed E-state index contributed by atoms with van der Waals surface area (Å²) in [4.78, 5) is 0. The number of hydrogen-bond donors (Lipinski definition) is 0. The molecule has 0 radical (unpaired) electrons. The summed E-state index contributed by atoms with van der Waals surface area (Å²) in [7, 11) is 0. The van der Waals surface area contributed by atoms with E-state index in [1.807, 2.05) is 6.92 Å². The average molecular weight is 261 g/mol. The van der Waals surface area contributed by atoms with Gasteiger partial charge in [-0.25, -0.2) is 4.39 Å². The first kappa shape index (κ1) is 11.7. The zero-order chi connectivity index (χ0) is 10.6. The summed E-state index contributed by atoms with van der Waals surface area (Å²) >= 11 is 3.36. The smallest absolute Gasteiger partial charge is 0.123 e. The molecule has 1 aromatic rings. The van der Waals surface area contributed by atoms with E-state index in [2.05, 4.69) is 22.9 Å². The fraction of sp³-hybridized carbons (Fsp3) is 0.455. The molecule has 0 fully saturated rings. The van der Waals surface area contributed by atoms with Crippen molar-refractivity contribution in [2.45, 2.75) is 33.0 Å². The number of ether oxygens (including phenoxy) is 1. The lowest BCUT2D eigenvalue weighted by Gasteiger charge is -2.11. The van der Waals surface area contributed by atoms with Crippen molar-refractivity contribution in [3.8, 4) is 0 Å². The van der Waals surface area contributed by atoms with Crippen LogP contribution in [-0.2, 0) is 11.3 Å². The second kappa shape index (κ2) is 5.47. The van der Waals surface area contributed by atoms with E-state index in [0.29, 0.717) is 6.61 Å². The predicted molar refractivity (Wildman–Crippen MR) is 58.6 cm³/mol. The third-order valence-corrected chi connectivity index (χ3v) is 2.88. The van der Waals surface area contributed by atoms with E-state index in [4.69, 9.17) is 4.74 Å². The van der Waals surface area contributed by atoms with E-state index in [1.165, 1.54) is 12.1 Å². The molecule has 1 nitrogen and oxygen atoms in total. The number of rotatable bonds is 4. The average Bonchev–Trinajstić information content (AvgIpc) is 2.19. The molecule has 3 heteroatoms. The summed E-state index contributed by atoms with van der Waals surface area (Å²) in [6.45, 7) is 4.52. The van der Waals surface area contributed by atoms with Gasteiger partial charge in [0.1, 0.15) is 5.82 Å². The first-order valence-corrected chi connectivity index (χ1v) is 5.48. The third kappa shape index (κ3) is 3.39. The van der Waals surface area contributed by atoms with Crippen LogP contribution in [0, 0.1) is 5.82 Å². The van der Waals surface area contributed by atoms with Crippen molar-refractivity contribution in [3.05, 3.63) is 34.1 Å². The fourth-order valence-corrected chi connectivity index (χ4v) is 1.36. The maximum Gasteiger partial charge on any atom is 0.123 e. The summed E-state index contributed by atoms with van der Waals surface area (Å²) in [5.41, 5.74) is 0.852. The standard InChI is InChI=1S/C11H14BrFO/c1-3-8(2)14-7-9-6-10(13)4-5-11(9)12/h4-6,8H,3,7H2,1-2H3. The lowest BCUT2D eigenvalue weighted by atomic mass is 10.2. The normalized spacial score (nSPS) is 12.9. The Bertz CT molecular complexity index is 301. The van der Waals surface area contributed by atoms with Crippen LogP contribution in [-0.4, -0.2) is 6.10 Å². The molecule has 14 heavy (non-hydrogen) atoms. The van der Waals surface area contributed by atoms with Gasteiger partial charge in [-0.15, -0.1) is 0 Å². The zero-order valence-electron chi connectivity index (χ0n) is 8.39. The molecule has 0 saturated heterocycles. The van der Waals surface area contributed by atoms with Gasteiger partial charge in [0.25, 0.3) is 0 Å². The first-order valence-electron chi connectivity index (χ1n) is 4.69. The van der Waals surface area contributed by atoms with E-state index in [9.17, 15) is 4.39 Å². The van der Waals surface area contributed by atoms with Gasteiger partial charge in [-0.1, -0.05) is 22.9 Å². The second-order valence-corrected chi connectivity index (χ2v) is 4.12. The minimum absolute atomic E-state index is 0.213. The van der Waals surface area contributed by atoms with Crippen LogP contribution in [0.3, 0.4) is 0 Å². The second-order valence-electron chi connectivity index (χ2n) is 3.27. The minimum atomic E-state index is -0.226. The Balaban J connectivity index is 2.62. The highest BCUT2D eigenvalue weighted by Crippen LogP contribution is 2.19. The molecule has 0 aromatic heterocycles. The van der Waals surface area contributed by atoms with Gasteiger partial charge in [0.15, 0.2) is 0 Å². The molecule has 0 saturated carbocycles. The van der Waals surface area contributed by atoms with Crippen LogP contribution in [0.2, 0.25) is 0 Å². The fourth-order valence-electron chi connectivity index (χ4n) is 1.00. The molecule has 0 bridgehead atoms. The molecule has 1 aromatic carbocycles. The van der Waals surface area contributed by atoms with E-state index in [1.54, 1.807) is 6.07 Å². The molecule has 0 spiro atoms. The lowest BCUT2D eigenvalue weighted by Crippen LogP contribution is -2.06. The molecule has 1 unspecified atom stereocenters. The summed E-state index contributed by atoms with van der Waals surface area (Å²) < 4.78 is 19.3. The van der Waals surface area contributed by atoms with Gasteiger partial charge in [-0.3, -0.25) is 0 Å². The van der Waals surface area contributed by atoms with Crippen molar-refractivity contribution in [3.63, 3.8) is 0 Å². The van der Waals surface area contributed by atoms with Crippen LogP contribution in [0.15, 0.2) is 22.7 Å². The Morgan fingerprint density at radius 1 is 1.50 bits per heavy atom.